The zero-order valence-electron chi connectivity index (χ0n) is 37.2. The summed E-state index contributed by atoms with van der Waals surface area (Å²) >= 11 is 0. The quantitative estimate of drug-likeness (QED) is 0.128. The summed E-state index contributed by atoms with van der Waals surface area (Å²) in [5.74, 6) is 0.915. The van der Waals surface area contributed by atoms with E-state index in [1.54, 1.807) is 0 Å². The summed E-state index contributed by atoms with van der Waals surface area (Å²) in [6, 6.07) is 69.6. The largest absolute Gasteiger partial charge is 0.309 e. The third-order valence-electron chi connectivity index (χ3n) is 13.6. The van der Waals surface area contributed by atoms with Crippen LogP contribution in [0, 0.1) is 0 Å². The number of rotatable bonds is 4. The van der Waals surface area contributed by atoms with Gasteiger partial charge in [-0.25, -0.2) is 4.98 Å². The lowest BCUT2D eigenvalue weighted by Gasteiger charge is -2.19. The van der Waals surface area contributed by atoms with Crippen molar-refractivity contribution < 1.29 is 0 Å². The Labute approximate surface area is 373 Å². The van der Waals surface area contributed by atoms with E-state index < -0.39 is 0 Å². The van der Waals surface area contributed by atoms with E-state index in [0.717, 1.165) is 39.2 Å². The molecule has 0 bridgehead atoms. The standard InChI is InChI=1S/C61H49N3/c1-60(2,3)42-27-33-54-52(36-42)53-37-43(61(4,5)6)28-34-55(53)63(54)44-31-25-39(26-32-44)59-62-57-50-21-13-11-19-48(50)49-20-12-14-22-51(49)58(57)64(59)45-29-23-38(24-30-45)56-46-17-9-7-15-40(46)35-41-16-8-10-18-47(41)56/h7-37H,1-6H3. The fourth-order valence-electron chi connectivity index (χ4n) is 10.2. The van der Waals surface area contributed by atoms with Crippen molar-refractivity contribution in [2.24, 2.45) is 0 Å². The van der Waals surface area contributed by atoms with Crippen molar-refractivity contribution >= 4 is 75.9 Å². The molecule has 0 N–H and O–H groups in total. The Hall–Kier alpha value is -7.49. The van der Waals surface area contributed by atoms with Gasteiger partial charge in [-0.05, 0) is 132 Å². The second-order valence-corrected chi connectivity index (χ2v) is 19.6. The van der Waals surface area contributed by atoms with Gasteiger partial charge < -0.3 is 4.57 Å². The van der Waals surface area contributed by atoms with Gasteiger partial charge in [0.2, 0.25) is 0 Å². The second-order valence-electron chi connectivity index (χ2n) is 19.6. The molecule has 12 rings (SSSR count). The highest BCUT2D eigenvalue weighted by atomic mass is 15.1. The summed E-state index contributed by atoms with van der Waals surface area (Å²) in [5, 5.41) is 12.4. The third-order valence-corrected chi connectivity index (χ3v) is 13.6. The van der Waals surface area contributed by atoms with Crippen LogP contribution in [0.2, 0.25) is 0 Å². The number of aromatic nitrogens is 3. The minimum atomic E-state index is 0.0403. The van der Waals surface area contributed by atoms with Gasteiger partial charge in [0.05, 0.1) is 22.1 Å². The molecule has 0 spiro atoms. The van der Waals surface area contributed by atoms with Gasteiger partial charge in [0.1, 0.15) is 5.82 Å². The minimum Gasteiger partial charge on any atom is -0.309 e. The van der Waals surface area contributed by atoms with Gasteiger partial charge in [0, 0.05) is 38.5 Å². The van der Waals surface area contributed by atoms with Gasteiger partial charge in [0.15, 0.2) is 0 Å². The topological polar surface area (TPSA) is 22.8 Å². The molecule has 0 atom stereocenters. The molecule has 0 saturated heterocycles. The van der Waals surface area contributed by atoms with E-state index in [0.29, 0.717) is 0 Å². The minimum absolute atomic E-state index is 0.0403. The Morgan fingerprint density at radius 2 is 0.797 bits per heavy atom. The molecule has 0 aliphatic carbocycles. The molecular weight excluding hydrogens is 775 g/mol. The molecule has 0 fully saturated rings. The number of fused-ring (bicyclic) bond motifs is 11. The summed E-state index contributed by atoms with van der Waals surface area (Å²) in [6.45, 7) is 13.8. The first-order chi connectivity index (χ1) is 31.0. The maximum atomic E-state index is 5.61. The molecule has 12 aromatic rings. The molecule has 0 unspecified atom stereocenters. The van der Waals surface area contributed by atoms with E-state index >= 15 is 0 Å². The normalized spacial score (nSPS) is 12.5. The molecule has 0 aliphatic heterocycles. The number of hydrogen-bond acceptors (Lipinski definition) is 1. The van der Waals surface area contributed by atoms with Crippen LogP contribution in [0.1, 0.15) is 52.7 Å². The average molecular weight is 824 g/mol. The zero-order chi connectivity index (χ0) is 43.5. The first-order valence-corrected chi connectivity index (χ1v) is 22.5. The highest BCUT2D eigenvalue weighted by molar-refractivity contribution is 6.24. The number of hydrogen-bond donors (Lipinski definition) is 0. The Bertz CT molecular complexity index is 3700. The lowest BCUT2D eigenvalue weighted by atomic mass is 9.85. The van der Waals surface area contributed by atoms with E-state index in [1.165, 1.54) is 81.8 Å². The molecule has 2 heterocycles. The molecule has 3 heteroatoms. The molecule has 0 saturated carbocycles. The third kappa shape index (κ3) is 5.91. The van der Waals surface area contributed by atoms with Crippen molar-refractivity contribution in [2.45, 2.75) is 52.4 Å². The molecule has 0 radical (unpaired) electrons. The van der Waals surface area contributed by atoms with Crippen LogP contribution in [0.5, 0.6) is 0 Å². The lowest BCUT2D eigenvalue weighted by molar-refractivity contribution is 0.590. The first kappa shape index (κ1) is 38.2. The fourth-order valence-corrected chi connectivity index (χ4v) is 10.2. The summed E-state index contributed by atoms with van der Waals surface area (Å²) in [7, 11) is 0. The number of benzene rings is 10. The van der Waals surface area contributed by atoms with Crippen LogP contribution < -0.4 is 0 Å². The monoisotopic (exact) mass is 823 g/mol. The summed E-state index contributed by atoms with van der Waals surface area (Å²) in [6.07, 6.45) is 0. The van der Waals surface area contributed by atoms with Gasteiger partial charge in [-0.15, -0.1) is 0 Å². The summed E-state index contributed by atoms with van der Waals surface area (Å²) in [5.41, 5.74) is 13.0. The van der Waals surface area contributed by atoms with Crippen LogP contribution in [0.15, 0.2) is 188 Å². The Morgan fingerprint density at radius 1 is 0.359 bits per heavy atom. The average Bonchev–Trinajstić information content (AvgIpc) is 3.87. The van der Waals surface area contributed by atoms with Gasteiger partial charge in [-0.2, -0.15) is 0 Å². The molecule has 10 aromatic carbocycles. The lowest BCUT2D eigenvalue weighted by Crippen LogP contribution is -2.10. The second kappa shape index (κ2) is 14.0. The van der Waals surface area contributed by atoms with E-state index in [2.05, 4.69) is 239 Å². The van der Waals surface area contributed by atoms with E-state index in [9.17, 15) is 0 Å². The smallest absolute Gasteiger partial charge is 0.145 e. The molecule has 64 heavy (non-hydrogen) atoms. The molecule has 0 amide bonds. The van der Waals surface area contributed by atoms with Gasteiger partial charge >= 0.3 is 0 Å². The predicted octanol–water partition coefficient (Wildman–Crippen LogP) is 16.7. The predicted molar refractivity (Wildman–Crippen MR) is 274 cm³/mol. The highest BCUT2D eigenvalue weighted by Crippen LogP contribution is 2.42. The maximum Gasteiger partial charge on any atom is 0.145 e. The molecule has 0 aliphatic rings. The van der Waals surface area contributed by atoms with E-state index in [-0.39, 0.29) is 10.8 Å². The van der Waals surface area contributed by atoms with E-state index in [1.807, 2.05) is 0 Å². The Balaban J connectivity index is 1.07. The number of nitrogens with zero attached hydrogens (tertiary/aromatic N) is 3. The van der Waals surface area contributed by atoms with Crippen molar-refractivity contribution in [1.29, 1.82) is 0 Å². The van der Waals surface area contributed by atoms with Gasteiger partial charge in [-0.3, -0.25) is 4.57 Å². The first-order valence-electron chi connectivity index (χ1n) is 22.5. The number of imidazole rings is 1. The van der Waals surface area contributed by atoms with Crippen LogP contribution in [0.4, 0.5) is 0 Å². The zero-order valence-corrected chi connectivity index (χ0v) is 37.2. The van der Waals surface area contributed by atoms with Gasteiger partial charge in [-0.1, -0.05) is 163 Å². The van der Waals surface area contributed by atoms with Gasteiger partial charge in [0.25, 0.3) is 0 Å². The molecule has 308 valence electrons. The Kier molecular flexibility index (Phi) is 8.36. The highest BCUT2D eigenvalue weighted by Gasteiger charge is 2.23. The summed E-state index contributed by atoms with van der Waals surface area (Å²) < 4.78 is 4.83. The SMILES string of the molecule is CC(C)(C)c1ccc2c(c1)c1cc(C(C)(C)C)ccc1n2-c1ccc(-c2nc3c4ccccc4c4ccccc4c3n2-c2ccc(-c3c4ccccc4cc4ccccc34)cc2)cc1. The van der Waals surface area contributed by atoms with Crippen molar-refractivity contribution in [3.8, 4) is 33.9 Å². The molecular formula is C61H49N3. The van der Waals surface area contributed by atoms with Crippen molar-refractivity contribution in [3.05, 3.63) is 199 Å². The van der Waals surface area contributed by atoms with E-state index in [4.69, 9.17) is 4.98 Å². The van der Waals surface area contributed by atoms with Crippen molar-refractivity contribution in [3.63, 3.8) is 0 Å². The maximum absolute atomic E-state index is 5.61. The Morgan fingerprint density at radius 3 is 1.33 bits per heavy atom. The van der Waals surface area contributed by atoms with Crippen LogP contribution in [-0.4, -0.2) is 14.1 Å². The van der Waals surface area contributed by atoms with Crippen molar-refractivity contribution in [1.82, 2.24) is 14.1 Å². The molecule has 2 aromatic heterocycles. The van der Waals surface area contributed by atoms with Crippen LogP contribution in [0.3, 0.4) is 0 Å². The summed E-state index contributed by atoms with van der Waals surface area (Å²) in [4.78, 5) is 5.61. The van der Waals surface area contributed by atoms with Crippen molar-refractivity contribution in [2.75, 3.05) is 0 Å². The fraction of sp³-hybridized carbons (Fsp3) is 0.131. The molecule has 3 nitrogen and oxygen atoms in total. The van der Waals surface area contributed by atoms with Crippen LogP contribution in [-0.2, 0) is 10.8 Å². The van der Waals surface area contributed by atoms with Crippen LogP contribution in [0.25, 0.3) is 110 Å². The van der Waals surface area contributed by atoms with Crippen LogP contribution >= 0.6 is 0 Å².